The SMILES string of the molecule is CCOc1ccc(C2C(C(=O)c3ccc(C)o3)=C(O)C(=O)N2CCN2CCCCC2)cc1OC. The van der Waals surface area contributed by atoms with Crippen molar-refractivity contribution >= 4 is 11.7 Å². The van der Waals surface area contributed by atoms with Gasteiger partial charge in [0.2, 0.25) is 5.78 Å². The Balaban J connectivity index is 1.71. The number of aliphatic hydroxyl groups is 1. The number of aliphatic hydroxyl groups excluding tert-OH is 1. The van der Waals surface area contributed by atoms with Gasteiger partial charge in [-0.2, -0.15) is 0 Å². The van der Waals surface area contributed by atoms with Crippen molar-refractivity contribution in [1.29, 1.82) is 0 Å². The van der Waals surface area contributed by atoms with Crippen LogP contribution in [0.4, 0.5) is 0 Å². The Morgan fingerprint density at radius 3 is 2.53 bits per heavy atom. The van der Waals surface area contributed by atoms with Crippen LogP contribution in [0.25, 0.3) is 0 Å². The molecule has 1 N–H and O–H groups in total. The number of furan rings is 1. The van der Waals surface area contributed by atoms with Crippen molar-refractivity contribution < 1.29 is 28.6 Å². The number of ketones is 1. The summed E-state index contributed by atoms with van der Waals surface area (Å²) in [6.07, 6.45) is 3.49. The Bertz CT molecular complexity index is 1080. The first kappa shape index (κ1) is 23.9. The van der Waals surface area contributed by atoms with Gasteiger partial charge in [-0.3, -0.25) is 9.59 Å². The number of amides is 1. The molecule has 1 atom stereocenters. The van der Waals surface area contributed by atoms with Gasteiger partial charge < -0.3 is 28.8 Å². The Labute approximate surface area is 199 Å². The molecule has 2 aliphatic rings. The summed E-state index contributed by atoms with van der Waals surface area (Å²) >= 11 is 0. The van der Waals surface area contributed by atoms with E-state index in [1.54, 1.807) is 49.3 Å². The monoisotopic (exact) mass is 468 g/mol. The van der Waals surface area contributed by atoms with Crippen LogP contribution in [-0.4, -0.2) is 66.5 Å². The number of rotatable bonds is 9. The van der Waals surface area contributed by atoms with Gasteiger partial charge in [-0.05, 0) is 69.6 Å². The molecule has 0 aliphatic carbocycles. The number of likely N-dealkylation sites (tertiary alicyclic amines) is 1. The maximum Gasteiger partial charge on any atom is 0.290 e. The minimum Gasteiger partial charge on any atom is -0.503 e. The third kappa shape index (κ3) is 4.68. The van der Waals surface area contributed by atoms with Crippen molar-refractivity contribution in [3.8, 4) is 11.5 Å². The van der Waals surface area contributed by atoms with E-state index in [0.29, 0.717) is 42.5 Å². The second-order valence-corrected chi connectivity index (χ2v) is 8.65. The van der Waals surface area contributed by atoms with Crippen LogP contribution in [0.2, 0.25) is 0 Å². The maximum absolute atomic E-state index is 13.4. The highest BCUT2D eigenvalue weighted by Gasteiger charge is 2.44. The summed E-state index contributed by atoms with van der Waals surface area (Å²) in [7, 11) is 1.54. The average Bonchev–Trinajstić information content (AvgIpc) is 3.39. The van der Waals surface area contributed by atoms with Crippen LogP contribution >= 0.6 is 0 Å². The van der Waals surface area contributed by atoms with Gasteiger partial charge >= 0.3 is 0 Å². The van der Waals surface area contributed by atoms with Crippen molar-refractivity contribution in [3.63, 3.8) is 0 Å². The Morgan fingerprint density at radius 1 is 1.12 bits per heavy atom. The van der Waals surface area contributed by atoms with E-state index >= 15 is 0 Å². The number of benzene rings is 1. The predicted octanol–water partition coefficient (Wildman–Crippen LogP) is 4.06. The molecule has 4 rings (SSSR count). The van der Waals surface area contributed by atoms with E-state index in [9.17, 15) is 14.7 Å². The highest BCUT2D eigenvalue weighted by molar-refractivity contribution is 6.15. The van der Waals surface area contributed by atoms with Crippen molar-refractivity contribution in [1.82, 2.24) is 9.80 Å². The lowest BCUT2D eigenvalue weighted by Gasteiger charge is -2.31. The third-order valence-electron chi connectivity index (χ3n) is 6.42. The molecular formula is C26H32N2O6. The summed E-state index contributed by atoms with van der Waals surface area (Å²) in [6.45, 7) is 7.13. The minimum atomic E-state index is -0.764. The lowest BCUT2D eigenvalue weighted by Crippen LogP contribution is -2.40. The zero-order valence-electron chi connectivity index (χ0n) is 20.0. The second kappa shape index (κ2) is 10.3. The van der Waals surface area contributed by atoms with Gasteiger partial charge in [-0.1, -0.05) is 12.5 Å². The van der Waals surface area contributed by atoms with Gasteiger partial charge in [0.05, 0.1) is 25.3 Å². The van der Waals surface area contributed by atoms with E-state index in [2.05, 4.69) is 4.90 Å². The zero-order chi connectivity index (χ0) is 24.2. The highest BCUT2D eigenvalue weighted by Crippen LogP contribution is 2.41. The van der Waals surface area contributed by atoms with Crippen molar-refractivity contribution in [3.05, 3.63) is 58.7 Å². The summed E-state index contributed by atoms with van der Waals surface area (Å²) < 4.78 is 16.7. The fraction of sp³-hybridized carbons (Fsp3) is 0.462. The number of hydrogen-bond donors (Lipinski definition) is 1. The molecule has 3 heterocycles. The first-order valence-electron chi connectivity index (χ1n) is 11.8. The molecule has 1 aromatic heterocycles. The Kier molecular flexibility index (Phi) is 7.26. The largest absolute Gasteiger partial charge is 0.503 e. The summed E-state index contributed by atoms with van der Waals surface area (Å²) in [5.74, 6) is 0.145. The molecule has 2 aliphatic heterocycles. The number of carbonyl (C=O) groups excluding carboxylic acids is 2. The molecule has 182 valence electrons. The molecule has 1 unspecified atom stereocenters. The predicted molar refractivity (Wildman–Crippen MR) is 126 cm³/mol. The summed E-state index contributed by atoms with van der Waals surface area (Å²) in [6, 6.07) is 7.81. The lowest BCUT2D eigenvalue weighted by atomic mass is 9.94. The summed E-state index contributed by atoms with van der Waals surface area (Å²) in [5.41, 5.74) is 0.673. The molecular weight excluding hydrogens is 436 g/mol. The second-order valence-electron chi connectivity index (χ2n) is 8.65. The van der Waals surface area contributed by atoms with Crippen LogP contribution in [0.5, 0.6) is 11.5 Å². The molecule has 2 aromatic rings. The van der Waals surface area contributed by atoms with Crippen molar-refractivity contribution in [2.75, 3.05) is 39.9 Å². The van der Waals surface area contributed by atoms with Gasteiger partial charge in [-0.15, -0.1) is 0 Å². The van der Waals surface area contributed by atoms with Crippen LogP contribution in [0.3, 0.4) is 0 Å². The van der Waals surface area contributed by atoms with Crippen LogP contribution in [0, 0.1) is 6.92 Å². The normalized spacial score (nSPS) is 19.1. The third-order valence-corrected chi connectivity index (χ3v) is 6.42. The molecule has 8 heteroatoms. The standard InChI is InChI=1S/C26H32N2O6/c1-4-33-19-11-9-18(16-21(19)32-3)23-22(24(29)20-10-8-17(2)34-20)25(30)26(31)28(23)15-14-27-12-6-5-7-13-27/h8-11,16,23,30H,4-7,12-15H2,1-3H3. The van der Waals surface area contributed by atoms with Crippen molar-refractivity contribution in [2.45, 2.75) is 39.2 Å². The number of methoxy groups -OCH3 is 1. The molecule has 1 amide bonds. The molecule has 1 aromatic carbocycles. The van der Waals surface area contributed by atoms with Crippen LogP contribution < -0.4 is 9.47 Å². The van der Waals surface area contributed by atoms with E-state index in [-0.39, 0.29) is 11.3 Å². The molecule has 1 fully saturated rings. The molecule has 0 saturated carbocycles. The Morgan fingerprint density at radius 2 is 1.88 bits per heavy atom. The summed E-state index contributed by atoms with van der Waals surface area (Å²) in [4.78, 5) is 30.5. The van der Waals surface area contributed by atoms with Crippen molar-refractivity contribution in [2.24, 2.45) is 0 Å². The molecule has 0 radical (unpaired) electrons. The first-order valence-corrected chi connectivity index (χ1v) is 11.8. The van der Waals surface area contributed by atoms with Gasteiger partial charge in [0.25, 0.3) is 5.91 Å². The number of nitrogens with zero attached hydrogens (tertiary/aromatic N) is 2. The van der Waals surface area contributed by atoms with Crippen LogP contribution in [0.1, 0.15) is 54.1 Å². The van der Waals surface area contributed by atoms with Crippen LogP contribution in [0.15, 0.2) is 46.1 Å². The van der Waals surface area contributed by atoms with E-state index < -0.39 is 23.5 Å². The van der Waals surface area contributed by atoms with E-state index in [1.807, 2.05) is 6.92 Å². The topological polar surface area (TPSA) is 92.5 Å². The minimum absolute atomic E-state index is 0.0178. The van der Waals surface area contributed by atoms with Gasteiger partial charge in [-0.25, -0.2) is 0 Å². The maximum atomic E-state index is 13.4. The zero-order valence-corrected chi connectivity index (χ0v) is 20.0. The number of ether oxygens (including phenoxy) is 2. The van der Waals surface area contributed by atoms with E-state index in [1.165, 1.54) is 6.42 Å². The molecule has 8 nitrogen and oxygen atoms in total. The van der Waals surface area contributed by atoms with Gasteiger partial charge in [0.1, 0.15) is 5.76 Å². The fourth-order valence-electron chi connectivity index (χ4n) is 4.71. The highest BCUT2D eigenvalue weighted by atomic mass is 16.5. The Hall–Kier alpha value is -3.26. The number of Topliss-reactive ketones (excluding diaryl/α,β-unsaturated/α-hetero) is 1. The fourth-order valence-corrected chi connectivity index (χ4v) is 4.71. The quantitative estimate of drug-likeness (QED) is 0.555. The number of hydrogen-bond acceptors (Lipinski definition) is 7. The number of carbonyl (C=O) groups is 2. The van der Waals surface area contributed by atoms with E-state index in [4.69, 9.17) is 13.9 Å². The van der Waals surface area contributed by atoms with Crippen LogP contribution in [-0.2, 0) is 4.79 Å². The van der Waals surface area contributed by atoms with Gasteiger partial charge in [0.15, 0.2) is 23.0 Å². The first-order chi connectivity index (χ1) is 16.4. The molecule has 0 bridgehead atoms. The number of piperidine rings is 1. The molecule has 1 saturated heterocycles. The average molecular weight is 469 g/mol. The smallest absolute Gasteiger partial charge is 0.290 e. The molecule has 34 heavy (non-hydrogen) atoms. The molecule has 0 spiro atoms. The summed E-state index contributed by atoms with van der Waals surface area (Å²) in [5, 5.41) is 10.9. The van der Waals surface area contributed by atoms with E-state index in [0.717, 1.165) is 25.9 Å². The number of aryl methyl sites for hydroxylation is 1. The lowest BCUT2D eigenvalue weighted by molar-refractivity contribution is -0.129. The van der Waals surface area contributed by atoms with Gasteiger partial charge in [0, 0.05) is 13.1 Å².